The average molecular weight is 383 g/mol. The Hall–Kier alpha value is -1.57. The molecule has 0 aliphatic carbocycles. The van der Waals surface area contributed by atoms with Crippen molar-refractivity contribution in [3.05, 3.63) is 56.6 Å². The minimum atomic E-state index is -0.358. The Balaban J connectivity index is 1.92. The molecular formula is C14H8BrFN2OS2. The fourth-order valence-corrected chi connectivity index (χ4v) is 3.57. The van der Waals surface area contributed by atoms with E-state index in [4.69, 9.17) is 12.2 Å². The van der Waals surface area contributed by atoms with E-state index < -0.39 is 0 Å². The molecule has 106 valence electrons. The number of carbonyl (C=O) groups excluding carboxylic acids is 1. The highest BCUT2D eigenvalue weighted by molar-refractivity contribution is 9.11. The molecule has 1 aliphatic rings. The third-order valence-corrected chi connectivity index (χ3v) is 4.70. The summed E-state index contributed by atoms with van der Waals surface area (Å²) < 4.78 is 14.0. The molecule has 1 saturated heterocycles. The summed E-state index contributed by atoms with van der Waals surface area (Å²) in [5.74, 6) is -0.611. The lowest BCUT2D eigenvalue weighted by atomic mass is 10.2. The van der Waals surface area contributed by atoms with Crippen LogP contribution in [0.2, 0.25) is 0 Å². The zero-order valence-corrected chi connectivity index (χ0v) is 13.7. The van der Waals surface area contributed by atoms with Crippen LogP contribution in [0.25, 0.3) is 6.08 Å². The van der Waals surface area contributed by atoms with Crippen molar-refractivity contribution < 1.29 is 9.18 Å². The molecule has 2 heterocycles. The fraction of sp³-hybridized carbons (Fsp3) is 0. The van der Waals surface area contributed by atoms with Crippen molar-refractivity contribution >= 4 is 62.3 Å². The number of carbonyl (C=O) groups is 1. The molecule has 2 aromatic rings. The van der Waals surface area contributed by atoms with Gasteiger partial charge in [-0.05, 0) is 70.6 Å². The number of halogens is 2. The molecule has 1 aromatic heterocycles. The molecule has 21 heavy (non-hydrogen) atoms. The Morgan fingerprint density at radius 3 is 2.57 bits per heavy atom. The monoisotopic (exact) mass is 382 g/mol. The molecule has 1 amide bonds. The number of rotatable bonds is 2. The summed E-state index contributed by atoms with van der Waals surface area (Å²) in [4.78, 5) is 14.7. The number of thiocarbonyl (C=S) groups is 1. The summed E-state index contributed by atoms with van der Waals surface area (Å²) in [6, 6.07) is 9.44. The van der Waals surface area contributed by atoms with Crippen LogP contribution < -0.4 is 10.2 Å². The Labute approximate surface area is 138 Å². The highest BCUT2D eigenvalue weighted by atomic mass is 79.9. The van der Waals surface area contributed by atoms with Gasteiger partial charge in [-0.1, -0.05) is 0 Å². The first-order valence-electron chi connectivity index (χ1n) is 5.92. The van der Waals surface area contributed by atoms with Crippen molar-refractivity contribution in [2.45, 2.75) is 0 Å². The topological polar surface area (TPSA) is 32.3 Å². The van der Waals surface area contributed by atoms with Gasteiger partial charge < -0.3 is 5.32 Å². The number of nitrogens with zero attached hydrogens (tertiary/aromatic N) is 1. The zero-order valence-electron chi connectivity index (χ0n) is 10.5. The largest absolute Gasteiger partial charge is 0.327 e. The second-order valence-electron chi connectivity index (χ2n) is 4.25. The number of hydrogen-bond acceptors (Lipinski definition) is 3. The van der Waals surface area contributed by atoms with E-state index in [-0.39, 0.29) is 16.8 Å². The summed E-state index contributed by atoms with van der Waals surface area (Å²) in [5.41, 5.74) is 0.938. The van der Waals surface area contributed by atoms with Crippen molar-refractivity contribution in [3.8, 4) is 0 Å². The molecule has 0 unspecified atom stereocenters. The standard InChI is InChI=1S/C14H8BrFN2OS2/c15-12-6-5-10(21-12)7-11-13(19)18(14(20)17-11)9-3-1-8(16)2-4-9/h1-7H,(H,17,20)/b11-7-. The van der Waals surface area contributed by atoms with E-state index in [1.807, 2.05) is 12.1 Å². The van der Waals surface area contributed by atoms with E-state index in [0.29, 0.717) is 11.4 Å². The smallest absolute Gasteiger partial charge is 0.281 e. The van der Waals surface area contributed by atoms with E-state index in [9.17, 15) is 9.18 Å². The van der Waals surface area contributed by atoms with Crippen molar-refractivity contribution in [1.29, 1.82) is 0 Å². The third-order valence-electron chi connectivity index (χ3n) is 2.84. The Morgan fingerprint density at radius 2 is 1.95 bits per heavy atom. The molecule has 0 atom stereocenters. The number of hydrogen-bond donors (Lipinski definition) is 1. The predicted octanol–water partition coefficient (Wildman–Crippen LogP) is 3.91. The van der Waals surface area contributed by atoms with Crippen LogP contribution in [0.3, 0.4) is 0 Å². The Kier molecular flexibility index (Phi) is 3.88. The summed E-state index contributed by atoms with van der Waals surface area (Å²) in [6.07, 6.45) is 1.74. The second-order valence-corrected chi connectivity index (χ2v) is 7.13. The van der Waals surface area contributed by atoms with Gasteiger partial charge >= 0.3 is 0 Å². The maximum Gasteiger partial charge on any atom is 0.281 e. The SMILES string of the molecule is O=C1/C(=C/c2ccc(Br)s2)NC(=S)N1c1ccc(F)cc1. The van der Waals surface area contributed by atoms with Gasteiger partial charge in [0.2, 0.25) is 0 Å². The zero-order chi connectivity index (χ0) is 15.0. The third kappa shape index (κ3) is 2.90. The van der Waals surface area contributed by atoms with Crippen LogP contribution in [0.1, 0.15) is 4.88 Å². The number of nitrogens with one attached hydrogen (secondary N) is 1. The van der Waals surface area contributed by atoms with Gasteiger partial charge in [0.25, 0.3) is 5.91 Å². The van der Waals surface area contributed by atoms with Gasteiger partial charge in [0, 0.05) is 4.88 Å². The van der Waals surface area contributed by atoms with E-state index in [1.54, 1.807) is 6.08 Å². The lowest BCUT2D eigenvalue weighted by molar-refractivity contribution is -0.113. The number of anilines is 1. The fourth-order valence-electron chi connectivity index (χ4n) is 1.91. The molecule has 0 spiro atoms. The van der Waals surface area contributed by atoms with Crippen molar-refractivity contribution in [2.75, 3.05) is 4.90 Å². The van der Waals surface area contributed by atoms with Gasteiger partial charge in [0.05, 0.1) is 9.47 Å². The number of amides is 1. The average Bonchev–Trinajstić information content (AvgIpc) is 2.96. The lowest BCUT2D eigenvalue weighted by Crippen LogP contribution is -2.30. The minimum absolute atomic E-state index is 0.254. The van der Waals surface area contributed by atoms with Crippen LogP contribution in [0, 0.1) is 5.82 Å². The molecule has 0 saturated carbocycles. The first-order valence-corrected chi connectivity index (χ1v) is 7.94. The summed E-state index contributed by atoms with van der Waals surface area (Å²) in [6.45, 7) is 0. The van der Waals surface area contributed by atoms with Crippen LogP contribution in [-0.2, 0) is 4.79 Å². The van der Waals surface area contributed by atoms with E-state index >= 15 is 0 Å². The van der Waals surface area contributed by atoms with Gasteiger partial charge in [-0.25, -0.2) is 4.39 Å². The predicted molar refractivity (Wildman–Crippen MR) is 89.6 cm³/mol. The second kappa shape index (κ2) is 5.67. The van der Waals surface area contributed by atoms with Gasteiger partial charge in [0.15, 0.2) is 5.11 Å². The highest BCUT2D eigenvalue weighted by Gasteiger charge is 2.31. The van der Waals surface area contributed by atoms with Gasteiger partial charge in [0.1, 0.15) is 11.5 Å². The Bertz CT molecular complexity index is 755. The summed E-state index contributed by atoms with van der Waals surface area (Å²) >= 11 is 10.1. The van der Waals surface area contributed by atoms with Crippen LogP contribution in [0.4, 0.5) is 10.1 Å². The van der Waals surface area contributed by atoms with Gasteiger partial charge in [-0.15, -0.1) is 11.3 Å². The van der Waals surface area contributed by atoms with Gasteiger partial charge in [-0.2, -0.15) is 0 Å². The van der Waals surface area contributed by atoms with Crippen molar-refractivity contribution in [2.24, 2.45) is 0 Å². The molecular weight excluding hydrogens is 375 g/mol. The lowest BCUT2D eigenvalue weighted by Gasteiger charge is -2.13. The molecule has 3 nitrogen and oxygen atoms in total. The quantitative estimate of drug-likeness (QED) is 0.631. The number of benzene rings is 1. The van der Waals surface area contributed by atoms with Crippen LogP contribution in [0.15, 0.2) is 45.9 Å². The molecule has 1 N–H and O–H groups in total. The molecule has 1 aliphatic heterocycles. The van der Waals surface area contributed by atoms with Crippen LogP contribution in [-0.4, -0.2) is 11.0 Å². The summed E-state index contributed by atoms with van der Waals surface area (Å²) in [7, 11) is 0. The molecule has 0 bridgehead atoms. The Morgan fingerprint density at radius 1 is 1.24 bits per heavy atom. The maximum absolute atomic E-state index is 13.0. The molecule has 1 fully saturated rings. The maximum atomic E-state index is 13.0. The molecule has 0 radical (unpaired) electrons. The first-order chi connectivity index (χ1) is 10.0. The molecule has 1 aromatic carbocycles. The van der Waals surface area contributed by atoms with Crippen molar-refractivity contribution in [1.82, 2.24) is 5.32 Å². The van der Waals surface area contributed by atoms with E-state index in [2.05, 4.69) is 21.2 Å². The summed E-state index contributed by atoms with van der Waals surface area (Å²) in [5, 5.41) is 3.18. The number of thiophene rings is 1. The highest BCUT2D eigenvalue weighted by Crippen LogP contribution is 2.26. The molecule has 3 rings (SSSR count). The van der Waals surface area contributed by atoms with Crippen molar-refractivity contribution in [3.63, 3.8) is 0 Å². The van der Waals surface area contributed by atoms with Gasteiger partial charge in [-0.3, -0.25) is 9.69 Å². The van der Waals surface area contributed by atoms with Crippen LogP contribution in [0.5, 0.6) is 0 Å². The van der Waals surface area contributed by atoms with Crippen LogP contribution >= 0.6 is 39.5 Å². The minimum Gasteiger partial charge on any atom is -0.327 e. The normalized spacial score (nSPS) is 16.7. The molecule has 7 heteroatoms. The first kappa shape index (κ1) is 14.4. The van der Waals surface area contributed by atoms with E-state index in [0.717, 1.165) is 8.66 Å². The van der Waals surface area contributed by atoms with E-state index in [1.165, 1.54) is 40.5 Å².